The molecule has 0 amide bonds. The van der Waals surface area contributed by atoms with Crippen molar-refractivity contribution in [3.63, 3.8) is 0 Å². The highest BCUT2D eigenvalue weighted by atomic mass is 16.4. The van der Waals surface area contributed by atoms with Crippen LogP contribution >= 0.6 is 0 Å². The van der Waals surface area contributed by atoms with Gasteiger partial charge in [0.25, 0.3) is 0 Å². The van der Waals surface area contributed by atoms with E-state index >= 15 is 0 Å². The van der Waals surface area contributed by atoms with Crippen LogP contribution in [0, 0.1) is 0 Å². The molecule has 0 aliphatic heterocycles. The second-order valence-corrected chi connectivity index (χ2v) is 3.07. The number of hydrogen-bond donors (Lipinski definition) is 3. The highest BCUT2D eigenvalue weighted by molar-refractivity contribution is 5.83. The molecule has 1 aromatic rings. The summed E-state index contributed by atoms with van der Waals surface area (Å²) < 4.78 is 0. The van der Waals surface area contributed by atoms with E-state index in [0.717, 1.165) is 6.08 Å². The summed E-state index contributed by atoms with van der Waals surface area (Å²) in [5.41, 5.74) is 0.780. The highest BCUT2D eigenvalue weighted by Gasteiger charge is 2.06. The molecule has 0 atom stereocenters. The third-order valence-electron chi connectivity index (χ3n) is 1.72. The van der Waals surface area contributed by atoms with Gasteiger partial charge < -0.3 is 15.5 Å². The molecule has 84 valence electrons. The van der Waals surface area contributed by atoms with E-state index in [9.17, 15) is 9.59 Å². The van der Waals surface area contributed by atoms with E-state index in [2.05, 4.69) is 5.32 Å². The van der Waals surface area contributed by atoms with Gasteiger partial charge in [-0.15, -0.1) is 0 Å². The van der Waals surface area contributed by atoms with Crippen LogP contribution in [0.3, 0.4) is 0 Å². The van der Waals surface area contributed by atoms with Crippen molar-refractivity contribution in [1.29, 1.82) is 0 Å². The third-order valence-corrected chi connectivity index (χ3v) is 1.72. The molecule has 16 heavy (non-hydrogen) atoms. The van der Waals surface area contributed by atoms with E-state index in [4.69, 9.17) is 10.2 Å². The Morgan fingerprint density at radius 1 is 1.19 bits per heavy atom. The van der Waals surface area contributed by atoms with Crippen LogP contribution in [0.4, 0.5) is 5.69 Å². The number of carbonyl (C=O) groups is 2. The molecule has 0 aliphatic rings. The van der Waals surface area contributed by atoms with Crippen LogP contribution in [0.15, 0.2) is 42.1 Å². The van der Waals surface area contributed by atoms with E-state index in [-0.39, 0.29) is 12.1 Å². The first-order valence-corrected chi connectivity index (χ1v) is 4.55. The number of nitrogens with one attached hydrogen (secondary N) is 1. The van der Waals surface area contributed by atoms with Gasteiger partial charge >= 0.3 is 11.9 Å². The second kappa shape index (κ2) is 5.55. The Morgan fingerprint density at radius 3 is 2.31 bits per heavy atom. The van der Waals surface area contributed by atoms with Crippen molar-refractivity contribution in [1.82, 2.24) is 0 Å². The lowest BCUT2D eigenvalue weighted by molar-refractivity contribution is -0.136. The fourth-order valence-corrected chi connectivity index (χ4v) is 1.15. The summed E-state index contributed by atoms with van der Waals surface area (Å²) in [6, 6.07) is 8.78. The third kappa shape index (κ3) is 4.28. The average Bonchev–Trinajstić information content (AvgIpc) is 2.16. The number of carboxylic acids is 2. The number of hydrogen-bond acceptors (Lipinski definition) is 3. The molecule has 1 aromatic carbocycles. The number of para-hydroxylation sites is 1. The summed E-state index contributed by atoms with van der Waals surface area (Å²) in [7, 11) is 0. The average molecular weight is 221 g/mol. The Hall–Kier alpha value is -2.30. The van der Waals surface area contributed by atoms with Crippen LogP contribution in [0.1, 0.15) is 6.42 Å². The first kappa shape index (κ1) is 11.8. The molecule has 0 heterocycles. The molecule has 0 radical (unpaired) electrons. The highest BCUT2D eigenvalue weighted by Crippen LogP contribution is 2.11. The predicted molar refractivity (Wildman–Crippen MR) is 58.0 cm³/mol. The minimum absolute atomic E-state index is 0.131. The topological polar surface area (TPSA) is 86.6 Å². The van der Waals surface area contributed by atoms with E-state index in [1.54, 1.807) is 24.3 Å². The molecule has 0 spiro atoms. The van der Waals surface area contributed by atoms with Crippen molar-refractivity contribution in [2.75, 3.05) is 5.32 Å². The predicted octanol–water partition coefficient (Wildman–Crippen LogP) is 1.54. The molecule has 3 N–H and O–H groups in total. The Bertz CT molecular complexity index is 411. The molecule has 0 saturated carbocycles. The van der Waals surface area contributed by atoms with Crippen molar-refractivity contribution in [2.24, 2.45) is 0 Å². The zero-order chi connectivity index (χ0) is 12.0. The maximum atomic E-state index is 10.5. The number of rotatable bonds is 5. The lowest BCUT2D eigenvalue weighted by Crippen LogP contribution is -2.08. The van der Waals surface area contributed by atoms with Gasteiger partial charge in [0, 0.05) is 17.5 Å². The van der Waals surface area contributed by atoms with E-state index in [1.165, 1.54) is 0 Å². The van der Waals surface area contributed by atoms with Crippen molar-refractivity contribution in [2.45, 2.75) is 6.42 Å². The summed E-state index contributed by atoms with van der Waals surface area (Å²) >= 11 is 0. The summed E-state index contributed by atoms with van der Waals surface area (Å²) in [4.78, 5) is 21.0. The van der Waals surface area contributed by atoms with Crippen molar-refractivity contribution in [3.05, 3.63) is 42.1 Å². The molecule has 0 fully saturated rings. The summed E-state index contributed by atoms with van der Waals surface area (Å²) in [6.45, 7) is 0. The van der Waals surface area contributed by atoms with Gasteiger partial charge in [-0.1, -0.05) is 18.2 Å². The van der Waals surface area contributed by atoms with Gasteiger partial charge in [0.05, 0.1) is 6.42 Å². The Balaban J connectivity index is 2.79. The molecule has 0 aromatic heterocycles. The van der Waals surface area contributed by atoms with E-state index in [0.29, 0.717) is 5.69 Å². The molecule has 0 saturated heterocycles. The Kier molecular flexibility index (Phi) is 4.08. The van der Waals surface area contributed by atoms with Crippen molar-refractivity contribution in [3.8, 4) is 0 Å². The fraction of sp³-hybridized carbons (Fsp3) is 0.0909. The standard InChI is InChI=1S/C11H11NO4/c13-10(14)6-9(7-11(15)16)12-8-4-2-1-3-5-8/h1-6,12H,7H2,(H,13,14)(H,15,16). The zero-order valence-corrected chi connectivity index (χ0v) is 8.38. The lowest BCUT2D eigenvalue weighted by Gasteiger charge is -2.07. The SMILES string of the molecule is O=C(O)C=C(CC(=O)O)Nc1ccccc1. The van der Waals surface area contributed by atoms with Gasteiger partial charge in [0.2, 0.25) is 0 Å². The van der Waals surface area contributed by atoms with Crippen LogP contribution in [-0.2, 0) is 9.59 Å². The van der Waals surface area contributed by atoms with Gasteiger partial charge in [-0.25, -0.2) is 4.79 Å². The Labute approximate surface area is 92.0 Å². The Morgan fingerprint density at radius 2 is 1.81 bits per heavy atom. The first-order valence-electron chi connectivity index (χ1n) is 4.55. The number of aliphatic carboxylic acids is 2. The summed E-state index contributed by atoms with van der Waals surface area (Å²) in [5.74, 6) is -2.27. The molecule has 5 heteroatoms. The molecule has 5 nitrogen and oxygen atoms in total. The molecule has 0 unspecified atom stereocenters. The van der Waals surface area contributed by atoms with E-state index in [1.807, 2.05) is 6.07 Å². The first-order chi connectivity index (χ1) is 7.58. The molecule has 0 bridgehead atoms. The van der Waals surface area contributed by atoms with Crippen molar-refractivity contribution < 1.29 is 19.8 Å². The lowest BCUT2D eigenvalue weighted by atomic mass is 10.2. The van der Waals surface area contributed by atoms with Gasteiger partial charge in [-0.3, -0.25) is 4.79 Å². The number of carboxylic acid groups (broad SMARTS) is 2. The fourth-order valence-electron chi connectivity index (χ4n) is 1.15. The van der Waals surface area contributed by atoms with E-state index < -0.39 is 11.9 Å². The smallest absolute Gasteiger partial charge is 0.330 e. The van der Waals surface area contributed by atoms with Crippen LogP contribution in [0.2, 0.25) is 0 Å². The van der Waals surface area contributed by atoms with Crippen LogP contribution in [-0.4, -0.2) is 22.2 Å². The monoisotopic (exact) mass is 221 g/mol. The quantitative estimate of drug-likeness (QED) is 0.656. The van der Waals surface area contributed by atoms with Gasteiger partial charge in [0.15, 0.2) is 0 Å². The molecule has 1 rings (SSSR count). The molecule has 0 aliphatic carbocycles. The maximum Gasteiger partial charge on any atom is 0.330 e. The largest absolute Gasteiger partial charge is 0.481 e. The zero-order valence-electron chi connectivity index (χ0n) is 8.38. The minimum Gasteiger partial charge on any atom is -0.481 e. The second-order valence-electron chi connectivity index (χ2n) is 3.07. The molecular formula is C11H11NO4. The molecular weight excluding hydrogens is 210 g/mol. The van der Waals surface area contributed by atoms with Crippen molar-refractivity contribution >= 4 is 17.6 Å². The van der Waals surface area contributed by atoms with Gasteiger partial charge in [-0.2, -0.15) is 0 Å². The summed E-state index contributed by atoms with van der Waals surface area (Å²) in [6.07, 6.45) is 0.488. The normalized spacial score (nSPS) is 10.9. The van der Waals surface area contributed by atoms with Gasteiger partial charge in [0.1, 0.15) is 0 Å². The number of benzene rings is 1. The minimum atomic E-state index is -1.18. The van der Waals surface area contributed by atoms with Crippen LogP contribution in [0.5, 0.6) is 0 Å². The maximum absolute atomic E-state index is 10.5. The van der Waals surface area contributed by atoms with Crippen LogP contribution in [0.25, 0.3) is 0 Å². The summed E-state index contributed by atoms with van der Waals surface area (Å²) in [5, 5.41) is 19.9. The number of anilines is 1. The van der Waals surface area contributed by atoms with Crippen LogP contribution < -0.4 is 5.32 Å². The van der Waals surface area contributed by atoms with Gasteiger partial charge in [-0.05, 0) is 12.1 Å².